The number of carbonyl (C=O) groups is 2. The minimum absolute atomic E-state index is 0.0948. The predicted molar refractivity (Wildman–Crippen MR) is 127 cm³/mol. The van der Waals surface area contributed by atoms with Crippen LogP contribution in [0.5, 0.6) is 5.75 Å². The highest BCUT2D eigenvalue weighted by Crippen LogP contribution is 2.32. The number of aromatic nitrogens is 1. The summed E-state index contributed by atoms with van der Waals surface area (Å²) in [5.41, 5.74) is 1.90. The first-order chi connectivity index (χ1) is 15.5. The molecule has 2 amide bonds. The van der Waals surface area contributed by atoms with Crippen molar-refractivity contribution in [2.75, 3.05) is 45.2 Å². The number of thiazole rings is 1. The van der Waals surface area contributed by atoms with Gasteiger partial charge in [0.05, 0.1) is 29.9 Å². The number of benzene rings is 2. The molecule has 0 saturated carbocycles. The second kappa shape index (κ2) is 10.1. The lowest BCUT2D eigenvalue weighted by molar-refractivity contribution is -0.117. The zero-order chi connectivity index (χ0) is 22.5. The topological polar surface area (TPSA) is 74.8 Å². The Morgan fingerprint density at radius 3 is 2.56 bits per heavy atom. The summed E-state index contributed by atoms with van der Waals surface area (Å²) < 4.78 is 5.40. The van der Waals surface area contributed by atoms with E-state index in [-0.39, 0.29) is 18.4 Å². The number of piperazine rings is 1. The van der Waals surface area contributed by atoms with Crippen LogP contribution in [0.4, 0.5) is 5.69 Å². The minimum atomic E-state index is -0.126. The highest BCUT2D eigenvalue weighted by Gasteiger charge is 2.25. The van der Waals surface area contributed by atoms with Crippen molar-refractivity contribution in [3.05, 3.63) is 64.6 Å². The lowest BCUT2D eigenvalue weighted by atomic mass is 10.2. The summed E-state index contributed by atoms with van der Waals surface area (Å²) in [5.74, 6) is 0.505. The lowest BCUT2D eigenvalue weighted by Gasteiger charge is -2.34. The molecule has 0 atom stereocenters. The Bertz CT molecular complexity index is 1110. The number of ether oxygens (including phenoxy) is 1. The van der Waals surface area contributed by atoms with E-state index in [9.17, 15) is 9.59 Å². The maximum Gasteiger partial charge on any atom is 0.273 e. The molecule has 9 heteroatoms. The Balaban J connectivity index is 1.32. The third-order valence-electron chi connectivity index (χ3n) is 5.24. The van der Waals surface area contributed by atoms with Crippen LogP contribution in [-0.4, -0.2) is 66.4 Å². The van der Waals surface area contributed by atoms with E-state index in [0.717, 1.165) is 16.3 Å². The van der Waals surface area contributed by atoms with Crippen LogP contribution in [0.25, 0.3) is 10.6 Å². The molecule has 32 heavy (non-hydrogen) atoms. The molecule has 0 bridgehead atoms. The molecule has 0 unspecified atom stereocenters. The summed E-state index contributed by atoms with van der Waals surface area (Å²) in [6.45, 7) is 2.57. The summed E-state index contributed by atoms with van der Waals surface area (Å²) in [5, 5.41) is 5.88. The van der Waals surface area contributed by atoms with Crippen LogP contribution in [0.1, 0.15) is 10.5 Å². The number of carbonyl (C=O) groups excluding carboxylic acids is 2. The standard InChI is InChI=1S/C23H23ClN4O3S/c1-31-20-9-5-2-6-16(20)22-26-19(15-32-22)23(30)28-12-10-27(11-13-28)14-21(29)25-18-8-4-3-7-17(18)24/h2-9,15H,10-14H2,1H3,(H,25,29). The average molecular weight is 471 g/mol. The van der Waals surface area contributed by atoms with Crippen LogP contribution in [0.15, 0.2) is 53.9 Å². The average Bonchev–Trinajstić information content (AvgIpc) is 3.31. The van der Waals surface area contributed by atoms with Crippen molar-refractivity contribution in [1.29, 1.82) is 0 Å². The highest BCUT2D eigenvalue weighted by molar-refractivity contribution is 7.13. The minimum Gasteiger partial charge on any atom is -0.496 e. The van der Waals surface area contributed by atoms with E-state index in [1.165, 1.54) is 11.3 Å². The van der Waals surface area contributed by atoms with Crippen molar-refractivity contribution in [3.63, 3.8) is 0 Å². The Morgan fingerprint density at radius 1 is 1.09 bits per heavy atom. The van der Waals surface area contributed by atoms with Crippen LogP contribution >= 0.6 is 22.9 Å². The number of nitrogens with one attached hydrogen (secondary N) is 1. The molecule has 2 aromatic carbocycles. The van der Waals surface area contributed by atoms with Gasteiger partial charge in [-0.25, -0.2) is 4.98 Å². The lowest BCUT2D eigenvalue weighted by Crippen LogP contribution is -2.50. The van der Waals surface area contributed by atoms with Crippen molar-refractivity contribution >= 4 is 40.4 Å². The van der Waals surface area contributed by atoms with Crippen LogP contribution in [0, 0.1) is 0 Å². The predicted octanol–water partition coefficient (Wildman–Crippen LogP) is 3.87. The van der Waals surface area contributed by atoms with E-state index in [4.69, 9.17) is 16.3 Å². The van der Waals surface area contributed by atoms with Crippen LogP contribution < -0.4 is 10.1 Å². The quantitative estimate of drug-likeness (QED) is 0.592. The van der Waals surface area contributed by atoms with Crippen LogP contribution in [0.3, 0.4) is 0 Å². The Morgan fingerprint density at radius 2 is 1.81 bits per heavy atom. The smallest absolute Gasteiger partial charge is 0.273 e. The number of nitrogens with zero attached hydrogens (tertiary/aromatic N) is 3. The summed E-state index contributed by atoms with van der Waals surface area (Å²) in [6.07, 6.45) is 0. The summed E-state index contributed by atoms with van der Waals surface area (Å²) >= 11 is 7.52. The number of anilines is 1. The molecule has 7 nitrogen and oxygen atoms in total. The fourth-order valence-corrected chi connectivity index (χ4v) is 4.55. The normalized spacial score (nSPS) is 14.2. The van der Waals surface area contributed by atoms with Crippen LogP contribution in [0.2, 0.25) is 5.02 Å². The summed E-state index contributed by atoms with van der Waals surface area (Å²) in [4.78, 5) is 33.6. The number of hydrogen-bond donors (Lipinski definition) is 1. The number of methoxy groups -OCH3 is 1. The fraction of sp³-hybridized carbons (Fsp3) is 0.261. The SMILES string of the molecule is COc1ccccc1-c1nc(C(=O)N2CCN(CC(=O)Nc3ccccc3Cl)CC2)cs1. The molecule has 0 aliphatic carbocycles. The van der Waals surface area contributed by atoms with Gasteiger partial charge in [0.25, 0.3) is 5.91 Å². The zero-order valence-corrected chi connectivity index (χ0v) is 19.2. The van der Waals surface area contributed by atoms with Gasteiger partial charge in [0.15, 0.2) is 0 Å². The maximum atomic E-state index is 12.9. The van der Waals surface area contributed by atoms with E-state index in [0.29, 0.717) is 42.6 Å². The molecule has 2 heterocycles. The van der Waals surface area contributed by atoms with E-state index in [1.54, 1.807) is 29.5 Å². The number of amides is 2. The summed E-state index contributed by atoms with van der Waals surface area (Å²) in [7, 11) is 1.62. The molecular weight excluding hydrogens is 448 g/mol. The largest absolute Gasteiger partial charge is 0.496 e. The molecule has 1 N–H and O–H groups in total. The zero-order valence-electron chi connectivity index (χ0n) is 17.6. The number of hydrogen-bond acceptors (Lipinski definition) is 6. The van der Waals surface area contributed by atoms with Gasteiger partial charge in [-0.1, -0.05) is 35.9 Å². The van der Waals surface area contributed by atoms with Gasteiger partial charge in [0, 0.05) is 31.6 Å². The van der Waals surface area contributed by atoms with Gasteiger partial charge >= 0.3 is 0 Å². The van der Waals surface area contributed by atoms with Gasteiger partial charge in [-0.3, -0.25) is 14.5 Å². The maximum absolute atomic E-state index is 12.9. The molecule has 1 aliphatic rings. The van der Waals surface area contributed by atoms with Gasteiger partial charge in [0.2, 0.25) is 5.91 Å². The summed E-state index contributed by atoms with van der Waals surface area (Å²) in [6, 6.07) is 14.8. The molecule has 1 fully saturated rings. The highest BCUT2D eigenvalue weighted by atomic mass is 35.5. The van der Waals surface area contributed by atoms with Gasteiger partial charge in [-0.15, -0.1) is 11.3 Å². The van der Waals surface area contributed by atoms with E-state index in [2.05, 4.69) is 10.3 Å². The van der Waals surface area contributed by atoms with Crippen molar-refractivity contribution in [1.82, 2.24) is 14.8 Å². The third kappa shape index (κ3) is 5.09. The van der Waals surface area contributed by atoms with E-state index < -0.39 is 0 Å². The first kappa shape index (κ1) is 22.3. The molecule has 1 saturated heterocycles. The third-order valence-corrected chi connectivity index (χ3v) is 6.44. The van der Waals surface area contributed by atoms with E-state index >= 15 is 0 Å². The van der Waals surface area contributed by atoms with Crippen molar-refractivity contribution < 1.29 is 14.3 Å². The van der Waals surface area contributed by atoms with Crippen LogP contribution in [-0.2, 0) is 4.79 Å². The fourth-order valence-electron chi connectivity index (χ4n) is 3.54. The molecule has 4 rings (SSSR count). The number of rotatable bonds is 6. The first-order valence-electron chi connectivity index (χ1n) is 10.2. The van der Waals surface area contributed by atoms with E-state index in [1.807, 2.05) is 41.3 Å². The first-order valence-corrected chi connectivity index (χ1v) is 11.5. The Hall–Kier alpha value is -2.94. The van der Waals surface area contributed by atoms with Gasteiger partial charge in [-0.2, -0.15) is 0 Å². The molecule has 0 spiro atoms. The second-order valence-electron chi connectivity index (χ2n) is 7.33. The van der Waals surface area contributed by atoms with Gasteiger partial charge < -0.3 is 15.0 Å². The van der Waals surface area contributed by atoms with Crippen molar-refractivity contribution in [2.45, 2.75) is 0 Å². The Kier molecular flexibility index (Phi) is 7.04. The molecule has 3 aromatic rings. The Labute approximate surface area is 195 Å². The molecule has 1 aromatic heterocycles. The number of halogens is 1. The monoisotopic (exact) mass is 470 g/mol. The molecule has 0 radical (unpaired) electrons. The van der Waals surface area contributed by atoms with Crippen molar-refractivity contribution in [3.8, 4) is 16.3 Å². The van der Waals surface area contributed by atoms with Crippen molar-refractivity contribution in [2.24, 2.45) is 0 Å². The van der Waals surface area contributed by atoms with Gasteiger partial charge in [-0.05, 0) is 24.3 Å². The molecule has 1 aliphatic heterocycles. The second-order valence-corrected chi connectivity index (χ2v) is 8.60. The molecular formula is C23H23ClN4O3S. The number of para-hydroxylation sites is 2. The van der Waals surface area contributed by atoms with Gasteiger partial charge in [0.1, 0.15) is 16.5 Å². The molecule has 166 valence electrons.